The molecular weight excluding hydrogens is 226 g/mol. The third-order valence-electron chi connectivity index (χ3n) is 2.02. The van der Waals surface area contributed by atoms with Crippen LogP contribution in [0, 0.1) is 13.1 Å². The van der Waals surface area contributed by atoms with Gasteiger partial charge in [0.15, 0.2) is 0 Å². The van der Waals surface area contributed by atoms with Crippen molar-refractivity contribution in [1.82, 2.24) is 10.7 Å². The summed E-state index contributed by atoms with van der Waals surface area (Å²) in [4.78, 5) is 0. The number of allylic oxidation sites excluding steroid dienone is 1. The standard InChI is InChI=1S/C10H11ClN5/c1-8-3-2-4-10(5-8)16(12)15-7-9(11)6-13-14-15/h2-6,14H,12H2,1H3. The van der Waals surface area contributed by atoms with Crippen molar-refractivity contribution in [2.24, 2.45) is 10.9 Å². The van der Waals surface area contributed by atoms with E-state index in [0.29, 0.717) is 5.03 Å². The van der Waals surface area contributed by atoms with Crippen LogP contribution in [0.2, 0.25) is 0 Å². The molecule has 0 amide bonds. The molecule has 1 aromatic carbocycles. The van der Waals surface area contributed by atoms with Crippen molar-refractivity contribution in [2.75, 3.05) is 5.12 Å². The first-order valence-corrected chi connectivity index (χ1v) is 5.04. The third kappa shape index (κ3) is 2.26. The fourth-order valence-corrected chi connectivity index (χ4v) is 1.41. The monoisotopic (exact) mass is 236 g/mol. The van der Waals surface area contributed by atoms with Gasteiger partial charge in [0.05, 0.1) is 16.9 Å². The predicted octanol–water partition coefficient (Wildman–Crippen LogP) is 1.28. The van der Waals surface area contributed by atoms with Crippen LogP contribution in [0.25, 0.3) is 0 Å². The molecule has 0 aliphatic carbocycles. The Labute approximate surface area is 98.7 Å². The Morgan fingerprint density at radius 1 is 1.56 bits per heavy atom. The molecule has 0 aromatic heterocycles. The highest BCUT2D eigenvalue weighted by Gasteiger charge is 2.12. The van der Waals surface area contributed by atoms with Gasteiger partial charge in [-0.3, -0.25) is 0 Å². The van der Waals surface area contributed by atoms with E-state index < -0.39 is 0 Å². The fourth-order valence-electron chi connectivity index (χ4n) is 1.28. The van der Waals surface area contributed by atoms with E-state index in [2.05, 4.69) is 16.8 Å². The molecule has 1 radical (unpaired) electrons. The number of aryl methyl sites for hydroxylation is 1. The van der Waals surface area contributed by atoms with Gasteiger partial charge in [-0.1, -0.05) is 23.7 Å². The number of nitrogens with two attached hydrogens (primary N) is 1. The van der Waals surface area contributed by atoms with Gasteiger partial charge in [0.2, 0.25) is 0 Å². The summed E-state index contributed by atoms with van der Waals surface area (Å²) in [5.74, 6) is 5.89. The maximum Gasteiger partial charge on any atom is 0.134 e. The lowest BCUT2D eigenvalue weighted by atomic mass is 10.2. The molecule has 6 heteroatoms. The van der Waals surface area contributed by atoms with E-state index >= 15 is 0 Å². The van der Waals surface area contributed by atoms with Gasteiger partial charge in [-0.2, -0.15) is 20.9 Å². The van der Waals surface area contributed by atoms with Crippen LogP contribution in [-0.2, 0) is 0 Å². The van der Waals surface area contributed by atoms with Crippen molar-refractivity contribution in [3.8, 4) is 0 Å². The Bertz CT molecular complexity index is 443. The van der Waals surface area contributed by atoms with Gasteiger partial charge < -0.3 is 0 Å². The van der Waals surface area contributed by atoms with Gasteiger partial charge in [-0.05, 0) is 24.6 Å². The Kier molecular flexibility index (Phi) is 2.98. The lowest BCUT2D eigenvalue weighted by molar-refractivity contribution is 0.236. The highest BCUT2D eigenvalue weighted by molar-refractivity contribution is 6.38. The van der Waals surface area contributed by atoms with Crippen LogP contribution in [0.1, 0.15) is 5.56 Å². The number of hydrazine groups is 3. The van der Waals surface area contributed by atoms with Gasteiger partial charge in [-0.25, -0.2) is 5.84 Å². The zero-order chi connectivity index (χ0) is 11.5. The number of anilines is 1. The molecule has 1 aromatic rings. The van der Waals surface area contributed by atoms with Crippen LogP contribution in [0.5, 0.6) is 0 Å². The van der Waals surface area contributed by atoms with Gasteiger partial charge in [0, 0.05) is 0 Å². The maximum atomic E-state index is 5.89. The molecule has 1 heterocycles. The van der Waals surface area contributed by atoms with E-state index in [9.17, 15) is 0 Å². The van der Waals surface area contributed by atoms with Crippen molar-refractivity contribution in [2.45, 2.75) is 6.92 Å². The summed E-state index contributed by atoms with van der Waals surface area (Å²) < 4.78 is 0. The minimum Gasteiger partial charge on any atom is -0.226 e. The van der Waals surface area contributed by atoms with E-state index in [1.54, 1.807) is 0 Å². The van der Waals surface area contributed by atoms with Gasteiger partial charge in [0.1, 0.15) is 6.20 Å². The minimum atomic E-state index is 0.377. The first-order chi connectivity index (χ1) is 7.66. The quantitative estimate of drug-likeness (QED) is 0.600. The normalized spacial score (nSPS) is 14.4. The number of nitrogens with zero attached hydrogens (tertiary/aromatic N) is 3. The molecule has 1 aliphatic rings. The lowest BCUT2D eigenvalue weighted by Crippen LogP contribution is -2.51. The van der Waals surface area contributed by atoms with Gasteiger partial charge >= 0.3 is 0 Å². The van der Waals surface area contributed by atoms with Crippen LogP contribution in [0.15, 0.2) is 34.4 Å². The summed E-state index contributed by atoms with van der Waals surface area (Å²) in [6.45, 7) is 1.99. The number of hydrogen-bond donors (Lipinski definition) is 2. The molecule has 0 fully saturated rings. The molecule has 1 aliphatic heterocycles. The van der Waals surface area contributed by atoms with E-state index in [0.717, 1.165) is 11.3 Å². The number of hydrazone groups is 1. The van der Waals surface area contributed by atoms with Crippen LogP contribution < -0.4 is 16.5 Å². The first-order valence-electron chi connectivity index (χ1n) is 4.66. The number of halogens is 1. The molecule has 0 saturated heterocycles. The second-order valence-electron chi connectivity index (χ2n) is 3.31. The number of nitrogens with one attached hydrogen (secondary N) is 1. The smallest absolute Gasteiger partial charge is 0.134 e. The third-order valence-corrected chi connectivity index (χ3v) is 2.21. The van der Waals surface area contributed by atoms with Crippen LogP contribution in [0.4, 0.5) is 5.69 Å². The molecule has 5 nitrogen and oxygen atoms in total. The molecule has 0 atom stereocenters. The van der Waals surface area contributed by atoms with Crippen molar-refractivity contribution >= 4 is 23.5 Å². The minimum absolute atomic E-state index is 0.377. The van der Waals surface area contributed by atoms with Crippen LogP contribution in [-0.4, -0.2) is 11.3 Å². The second-order valence-corrected chi connectivity index (χ2v) is 3.72. The van der Waals surface area contributed by atoms with Crippen molar-refractivity contribution in [3.63, 3.8) is 0 Å². The van der Waals surface area contributed by atoms with E-state index in [4.69, 9.17) is 17.4 Å². The molecule has 83 valence electrons. The van der Waals surface area contributed by atoms with Crippen LogP contribution in [0.3, 0.4) is 0 Å². The zero-order valence-corrected chi connectivity index (χ0v) is 9.44. The van der Waals surface area contributed by atoms with Crippen molar-refractivity contribution < 1.29 is 0 Å². The summed E-state index contributed by atoms with van der Waals surface area (Å²) in [6, 6.07) is 7.73. The Balaban J connectivity index is 2.19. The Morgan fingerprint density at radius 3 is 3.06 bits per heavy atom. The maximum absolute atomic E-state index is 5.89. The highest BCUT2D eigenvalue weighted by atomic mass is 35.5. The first kappa shape index (κ1) is 10.8. The SMILES string of the molecule is Cc1cccc(N(N)N2[C]=C(Cl)C=NN2)c1. The molecule has 16 heavy (non-hydrogen) atoms. The molecule has 2 rings (SSSR count). The van der Waals surface area contributed by atoms with E-state index in [1.807, 2.05) is 31.2 Å². The number of hydrogen-bond acceptors (Lipinski definition) is 5. The lowest BCUT2D eigenvalue weighted by Gasteiger charge is -2.30. The molecule has 0 bridgehead atoms. The Hall–Kier alpha value is -1.72. The van der Waals surface area contributed by atoms with Gasteiger partial charge in [-0.15, -0.1) is 0 Å². The molecule has 0 unspecified atom stereocenters. The average molecular weight is 237 g/mol. The topological polar surface area (TPSA) is 56.9 Å². The van der Waals surface area contributed by atoms with E-state index in [1.165, 1.54) is 16.5 Å². The summed E-state index contributed by atoms with van der Waals surface area (Å²) in [7, 11) is 0. The molecule has 0 saturated carbocycles. The summed E-state index contributed by atoms with van der Waals surface area (Å²) in [6.07, 6.45) is 4.24. The average Bonchev–Trinajstić information content (AvgIpc) is 2.28. The van der Waals surface area contributed by atoms with Crippen LogP contribution >= 0.6 is 11.6 Å². The predicted molar refractivity (Wildman–Crippen MR) is 63.9 cm³/mol. The largest absolute Gasteiger partial charge is 0.226 e. The van der Waals surface area contributed by atoms with E-state index in [-0.39, 0.29) is 0 Å². The van der Waals surface area contributed by atoms with Crippen molar-refractivity contribution in [3.05, 3.63) is 41.1 Å². The summed E-state index contributed by atoms with van der Waals surface area (Å²) in [5, 5.41) is 6.92. The highest BCUT2D eigenvalue weighted by Crippen LogP contribution is 2.15. The fraction of sp³-hybridized carbons (Fsp3) is 0.100. The summed E-state index contributed by atoms with van der Waals surface area (Å²) >= 11 is 5.77. The number of rotatable bonds is 2. The second kappa shape index (κ2) is 4.42. The summed E-state index contributed by atoms with van der Waals surface area (Å²) in [5.41, 5.74) is 4.58. The number of benzene rings is 1. The molecular formula is C10H11ClN5. The van der Waals surface area contributed by atoms with Crippen molar-refractivity contribution in [1.29, 1.82) is 0 Å². The molecule has 3 N–H and O–H groups in total. The Morgan fingerprint density at radius 2 is 2.38 bits per heavy atom. The zero-order valence-electron chi connectivity index (χ0n) is 8.68. The molecule has 0 spiro atoms. The van der Waals surface area contributed by atoms with Gasteiger partial charge in [0.25, 0.3) is 0 Å².